The quantitative estimate of drug-likeness (QED) is 0.839. The lowest BCUT2D eigenvalue weighted by molar-refractivity contribution is 0.258. The third-order valence-corrected chi connectivity index (χ3v) is 4.63. The van der Waals surface area contributed by atoms with E-state index in [0.29, 0.717) is 17.7 Å². The molecule has 0 bridgehead atoms. The Kier molecular flexibility index (Phi) is 4.77. The topological polar surface area (TPSA) is 21.3 Å². The molecule has 0 saturated carbocycles. The minimum Gasteiger partial charge on any atom is -0.493 e. The van der Waals surface area contributed by atoms with E-state index >= 15 is 0 Å². The maximum Gasteiger partial charge on any atom is 0.122 e. The molecule has 1 heterocycles. The maximum atomic E-state index is 5.96. The minimum absolute atomic E-state index is 0.198. The van der Waals surface area contributed by atoms with E-state index in [4.69, 9.17) is 27.9 Å². The fourth-order valence-corrected chi connectivity index (χ4v) is 2.60. The standard InChI is InChI=1S/C14H19Cl2NO/c1-14(9-15,10-16)17-8-11-6-7-18-13-5-3-2-4-12(11)13/h2-5,11,17H,6-10H2,1H3. The molecule has 2 rings (SSSR count). The van der Waals surface area contributed by atoms with Gasteiger partial charge in [0.2, 0.25) is 0 Å². The van der Waals surface area contributed by atoms with Gasteiger partial charge in [0.05, 0.1) is 6.61 Å². The van der Waals surface area contributed by atoms with Crippen molar-refractivity contribution in [3.63, 3.8) is 0 Å². The second-order valence-electron chi connectivity index (χ2n) is 5.08. The molecule has 0 amide bonds. The number of hydrogen-bond donors (Lipinski definition) is 1. The predicted octanol–water partition coefficient (Wildman–Crippen LogP) is 3.38. The van der Waals surface area contributed by atoms with Crippen LogP contribution in [0.4, 0.5) is 0 Å². The summed E-state index contributed by atoms with van der Waals surface area (Å²) in [7, 11) is 0. The molecule has 0 fully saturated rings. The average molecular weight is 288 g/mol. The van der Waals surface area contributed by atoms with Crippen LogP contribution in [0.2, 0.25) is 0 Å². The van der Waals surface area contributed by atoms with Crippen molar-refractivity contribution in [3.8, 4) is 5.75 Å². The maximum absolute atomic E-state index is 5.96. The van der Waals surface area contributed by atoms with Crippen molar-refractivity contribution in [2.24, 2.45) is 0 Å². The smallest absolute Gasteiger partial charge is 0.122 e. The Morgan fingerprint density at radius 1 is 1.33 bits per heavy atom. The first kappa shape index (κ1) is 14.0. The van der Waals surface area contributed by atoms with Gasteiger partial charge in [-0.3, -0.25) is 0 Å². The zero-order valence-electron chi connectivity index (χ0n) is 10.6. The lowest BCUT2D eigenvalue weighted by Crippen LogP contribution is -2.48. The Morgan fingerprint density at radius 3 is 2.78 bits per heavy atom. The van der Waals surface area contributed by atoms with Crippen LogP contribution in [0.1, 0.15) is 24.8 Å². The predicted molar refractivity (Wildman–Crippen MR) is 77.1 cm³/mol. The van der Waals surface area contributed by atoms with Crippen LogP contribution >= 0.6 is 23.2 Å². The van der Waals surface area contributed by atoms with E-state index in [9.17, 15) is 0 Å². The van der Waals surface area contributed by atoms with Gasteiger partial charge < -0.3 is 10.1 Å². The van der Waals surface area contributed by atoms with Gasteiger partial charge in [-0.15, -0.1) is 23.2 Å². The number of alkyl halides is 2. The monoisotopic (exact) mass is 287 g/mol. The number of nitrogens with one attached hydrogen (secondary N) is 1. The highest BCUT2D eigenvalue weighted by Crippen LogP contribution is 2.33. The molecule has 1 aromatic carbocycles. The van der Waals surface area contributed by atoms with E-state index in [-0.39, 0.29) is 5.54 Å². The molecule has 0 radical (unpaired) electrons. The fraction of sp³-hybridized carbons (Fsp3) is 0.571. The molecule has 0 aliphatic carbocycles. The van der Waals surface area contributed by atoms with Crippen molar-refractivity contribution in [1.82, 2.24) is 5.32 Å². The molecule has 0 saturated heterocycles. The number of halogens is 2. The molecular formula is C14H19Cl2NO. The summed E-state index contributed by atoms with van der Waals surface area (Å²) < 4.78 is 5.66. The number of rotatable bonds is 5. The van der Waals surface area contributed by atoms with Gasteiger partial charge in [0.1, 0.15) is 5.75 Å². The fourth-order valence-electron chi connectivity index (χ4n) is 2.13. The largest absolute Gasteiger partial charge is 0.493 e. The summed E-state index contributed by atoms with van der Waals surface area (Å²) in [6.07, 6.45) is 1.03. The van der Waals surface area contributed by atoms with Crippen LogP contribution in [0.5, 0.6) is 5.75 Å². The molecule has 1 N–H and O–H groups in total. The summed E-state index contributed by atoms with van der Waals surface area (Å²) >= 11 is 11.9. The molecule has 2 nitrogen and oxygen atoms in total. The Morgan fingerprint density at radius 2 is 2.06 bits per heavy atom. The highest BCUT2D eigenvalue weighted by atomic mass is 35.5. The van der Waals surface area contributed by atoms with Crippen molar-refractivity contribution < 1.29 is 4.74 Å². The SMILES string of the molecule is CC(CCl)(CCl)NCC1CCOc2ccccc21. The highest BCUT2D eigenvalue weighted by Gasteiger charge is 2.26. The van der Waals surface area contributed by atoms with Gasteiger partial charge in [-0.1, -0.05) is 18.2 Å². The summed E-state index contributed by atoms with van der Waals surface area (Å²) in [5, 5.41) is 3.49. The summed E-state index contributed by atoms with van der Waals surface area (Å²) in [4.78, 5) is 0. The van der Waals surface area contributed by atoms with Crippen molar-refractivity contribution in [1.29, 1.82) is 0 Å². The molecule has 1 unspecified atom stereocenters. The van der Waals surface area contributed by atoms with Crippen LogP contribution in [0.25, 0.3) is 0 Å². The van der Waals surface area contributed by atoms with E-state index in [1.165, 1.54) is 5.56 Å². The molecule has 1 aliphatic rings. The number of para-hydroxylation sites is 1. The minimum atomic E-state index is -0.198. The van der Waals surface area contributed by atoms with E-state index in [1.807, 2.05) is 12.1 Å². The highest BCUT2D eigenvalue weighted by molar-refractivity contribution is 6.22. The van der Waals surface area contributed by atoms with Gasteiger partial charge in [-0.2, -0.15) is 0 Å². The lowest BCUT2D eigenvalue weighted by Gasteiger charge is -2.31. The van der Waals surface area contributed by atoms with Gasteiger partial charge in [-0.25, -0.2) is 0 Å². The second-order valence-corrected chi connectivity index (χ2v) is 5.62. The number of hydrogen-bond acceptors (Lipinski definition) is 2. The van der Waals surface area contributed by atoms with E-state index in [2.05, 4.69) is 24.4 Å². The molecule has 0 aromatic heterocycles. The van der Waals surface area contributed by atoms with Crippen LogP contribution in [0.3, 0.4) is 0 Å². The van der Waals surface area contributed by atoms with Gasteiger partial charge >= 0.3 is 0 Å². The van der Waals surface area contributed by atoms with E-state index in [0.717, 1.165) is 25.3 Å². The van der Waals surface area contributed by atoms with Crippen LogP contribution in [-0.2, 0) is 0 Å². The number of benzene rings is 1. The van der Waals surface area contributed by atoms with Crippen LogP contribution < -0.4 is 10.1 Å². The summed E-state index contributed by atoms with van der Waals surface area (Å²) in [6.45, 7) is 3.72. The molecular weight excluding hydrogens is 269 g/mol. The molecule has 4 heteroatoms. The third kappa shape index (κ3) is 3.11. The Balaban J connectivity index is 2.03. The Labute approximate surface area is 119 Å². The van der Waals surface area contributed by atoms with Crippen molar-refractivity contribution in [3.05, 3.63) is 29.8 Å². The first-order valence-electron chi connectivity index (χ1n) is 6.27. The Hall–Kier alpha value is -0.440. The molecule has 1 aliphatic heterocycles. The van der Waals surface area contributed by atoms with Gasteiger partial charge in [0, 0.05) is 29.8 Å². The zero-order valence-corrected chi connectivity index (χ0v) is 12.1. The lowest BCUT2D eigenvalue weighted by atomic mass is 9.92. The van der Waals surface area contributed by atoms with Crippen LogP contribution in [-0.4, -0.2) is 30.5 Å². The van der Waals surface area contributed by atoms with Crippen molar-refractivity contribution in [2.75, 3.05) is 24.9 Å². The first-order chi connectivity index (χ1) is 8.68. The molecule has 100 valence electrons. The summed E-state index contributed by atoms with van der Waals surface area (Å²) in [6, 6.07) is 8.24. The van der Waals surface area contributed by atoms with Gasteiger partial charge in [0.25, 0.3) is 0 Å². The van der Waals surface area contributed by atoms with Crippen LogP contribution in [0, 0.1) is 0 Å². The number of fused-ring (bicyclic) bond motifs is 1. The van der Waals surface area contributed by atoms with Crippen molar-refractivity contribution >= 4 is 23.2 Å². The molecule has 1 aromatic rings. The van der Waals surface area contributed by atoms with Gasteiger partial charge in [0.15, 0.2) is 0 Å². The molecule has 1 atom stereocenters. The average Bonchev–Trinajstić information content (AvgIpc) is 2.44. The molecule has 18 heavy (non-hydrogen) atoms. The summed E-state index contributed by atoms with van der Waals surface area (Å²) in [5.41, 5.74) is 1.08. The zero-order chi connectivity index (χ0) is 13.0. The Bertz CT molecular complexity index is 393. The first-order valence-corrected chi connectivity index (χ1v) is 7.34. The van der Waals surface area contributed by atoms with Crippen molar-refractivity contribution in [2.45, 2.75) is 24.8 Å². The third-order valence-electron chi connectivity index (χ3n) is 3.45. The second kappa shape index (κ2) is 6.14. The summed E-state index contributed by atoms with van der Waals surface area (Å²) in [5.74, 6) is 2.51. The van der Waals surface area contributed by atoms with Gasteiger partial charge in [-0.05, 0) is 25.0 Å². The van der Waals surface area contributed by atoms with E-state index < -0.39 is 0 Å². The molecule has 0 spiro atoms. The normalized spacial score (nSPS) is 19.2. The van der Waals surface area contributed by atoms with E-state index in [1.54, 1.807) is 0 Å². The van der Waals surface area contributed by atoms with Crippen LogP contribution in [0.15, 0.2) is 24.3 Å². The number of ether oxygens (including phenoxy) is 1.